The summed E-state index contributed by atoms with van der Waals surface area (Å²) in [5, 5.41) is 0. The molecule has 4 nitrogen and oxygen atoms in total. The van der Waals surface area contributed by atoms with Crippen molar-refractivity contribution in [3.05, 3.63) is 71.4 Å². The molecule has 2 aromatic rings. The van der Waals surface area contributed by atoms with Gasteiger partial charge in [0.05, 0.1) is 6.61 Å². The molecule has 1 atom stereocenters. The Morgan fingerprint density at radius 2 is 1.74 bits per heavy atom. The summed E-state index contributed by atoms with van der Waals surface area (Å²) in [5.41, 5.74) is 3.42. The normalized spacial score (nSPS) is 19.9. The van der Waals surface area contributed by atoms with Crippen LogP contribution in [0.4, 0.5) is 5.69 Å². The number of ketones is 1. The van der Waals surface area contributed by atoms with Crippen molar-refractivity contribution in [3.8, 4) is 5.75 Å². The molecule has 2 aromatic carbocycles. The summed E-state index contributed by atoms with van der Waals surface area (Å²) in [6.45, 7) is 2.49. The minimum atomic E-state index is -0.233. The molecule has 1 aliphatic heterocycles. The van der Waals surface area contributed by atoms with Crippen LogP contribution >= 0.6 is 0 Å². The fourth-order valence-corrected chi connectivity index (χ4v) is 4.19. The lowest BCUT2D eigenvalue weighted by atomic mass is 9.77. The average molecular weight is 361 g/mol. The molecule has 0 aromatic heterocycles. The number of anilines is 1. The molecule has 1 aliphatic carbocycles. The first-order chi connectivity index (χ1) is 13.2. The Morgan fingerprint density at radius 3 is 2.52 bits per heavy atom. The molecule has 0 spiro atoms. The topological polar surface area (TPSA) is 46.6 Å². The van der Waals surface area contributed by atoms with E-state index in [4.69, 9.17) is 4.74 Å². The highest BCUT2D eigenvalue weighted by atomic mass is 16.5. The molecule has 2 aliphatic rings. The summed E-state index contributed by atoms with van der Waals surface area (Å²) in [6, 6.07) is 17.4. The van der Waals surface area contributed by atoms with Gasteiger partial charge in [0, 0.05) is 41.3 Å². The standard InChI is InChI=1S/C23H23NO3/c1-2-27-21-14-7-6-11-17(21)18-15-22(26)24(16-9-4-3-5-10-16)19-12-8-13-20(25)23(18)19/h3-7,9-11,14,18H,2,8,12-13,15H2,1H3. The lowest BCUT2D eigenvalue weighted by molar-refractivity contribution is -0.119. The number of hydrogen-bond acceptors (Lipinski definition) is 3. The number of amides is 1. The van der Waals surface area contributed by atoms with Gasteiger partial charge in [0.1, 0.15) is 5.75 Å². The van der Waals surface area contributed by atoms with E-state index in [-0.39, 0.29) is 24.0 Å². The number of para-hydroxylation sites is 2. The van der Waals surface area contributed by atoms with Crippen molar-refractivity contribution >= 4 is 17.4 Å². The Kier molecular flexibility index (Phi) is 4.80. The zero-order chi connectivity index (χ0) is 18.8. The maximum Gasteiger partial charge on any atom is 0.232 e. The second-order valence-corrected chi connectivity index (χ2v) is 6.93. The van der Waals surface area contributed by atoms with Crippen LogP contribution in [0, 0.1) is 0 Å². The molecular formula is C23H23NO3. The molecule has 4 rings (SSSR count). The molecule has 27 heavy (non-hydrogen) atoms. The third kappa shape index (κ3) is 3.16. The van der Waals surface area contributed by atoms with Crippen LogP contribution < -0.4 is 9.64 Å². The Hall–Kier alpha value is -2.88. The lowest BCUT2D eigenvalue weighted by Crippen LogP contribution is -2.40. The van der Waals surface area contributed by atoms with Gasteiger partial charge in [0.15, 0.2) is 5.78 Å². The van der Waals surface area contributed by atoms with Crippen molar-refractivity contribution in [3.63, 3.8) is 0 Å². The molecule has 138 valence electrons. The fourth-order valence-electron chi connectivity index (χ4n) is 4.19. The summed E-state index contributed by atoms with van der Waals surface area (Å²) >= 11 is 0. The van der Waals surface area contributed by atoms with E-state index >= 15 is 0 Å². The van der Waals surface area contributed by atoms with Crippen LogP contribution in [0.1, 0.15) is 44.1 Å². The Bertz CT molecular complexity index is 901. The number of carbonyl (C=O) groups excluding carboxylic acids is 2. The number of rotatable bonds is 4. The van der Waals surface area contributed by atoms with Gasteiger partial charge in [-0.1, -0.05) is 36.4 Å². The molecule has 1 amide bonds. The molecule has 0 N–H and O–H groups in total. The second kappa shape index (κ2) is 7.39. The van der Waals surface area contributed by atoms with Crippen molar-refractivity contribution < 1.29 is 14.3 Å². The minimum Gasteiger partial charge on any atom is -0.494 e. The van der Waals surface area contributed by atoms with Crippen molar-refractivity contribution in [2.24, 2.45) is 0 Å². The van der Waals surface area contributed by atoms with Crippen LogP contribution in [0.3, 0.4) is 0 Å². The summed E-state index contributed by atoms with van der Waals surface area (Å²) in [5.74, 6) is 0.714. The molecule has 0 saturated heterocycles. The first-order valence-electron chi connectivity index (χ1n) is 9.56. The van der Waals surface area contributed by atoms with Crippen molar-refractivity contribution in [2.45, 2.75) is 38.5 Å². The number of benzene rings is 2. The molecule has 0 radical (unpaired) electrons. The summed E-state index contributed by atoms with van der Waals surface area (Å²) in [7, 11) is 0. The van der Waals surface area contributed by atoms with Crippen LogP contribution in [0.5, 0.6) is 5.75 Å². The smallest absolute Gasteiger partial charge is 0.232 e. The summed E-state index contributed by atoms with van der Waals surface area (Å²) in [6.07, 6.45) is 2.36. The highest BCUT2D eigenvalue weighted by Crippen LogP contribution is 2.45. The molecule has 0 fully saturated rings. The van der Waals surface area contributed by atoms with Gasteiger partial charge in [0.25, 0.3) is 0 Å². The molecule has 1 heterocycles. The zero-order valence-corrected chi connectivity index (χ0v) is 15.5. The lowest BCUT2D eigenvalue weighted by Gasteiger charge is -2.38. The fraction of sp³-hybridized carbons (Fsp3) is 0.304. The first-order valence-corrected chi connectivity index (χ1v) is 9.56. The van der Waals surface area contributed by atoms with Gasteiger partial charge in [-0.25, -0.2) is 0 Å². The molecule has 0 bridgehead atoms. The summed E-state index contributed by atoms with van der Waals surface area (Å²) in [4.78, 5) is 27.8. The van der Waals surface area contributed by atoms with Crippen LogP contribution in [-0.4, -0.2) is 18.3 Å². The number of hydrogen-bond donors (Lipinski definition) is 0. The third-order valence-electron chi connectivity index (χ3n) is 5.28. The van der Waals surface area contributed by atoms with Crippen molar-refractivity contribution in [2.75, 3.05) is 11.5 Å². The highest BCUT2D eigenvalue weighted by molar-refractivity contribution is 6.07. The quantitative estimate of drug-likeness (QED) is 0.799. The van der Waals surface area contributed by atoms with Gasteiger partial charge >= 0.3 is 0 Å². The molecular weight excluding hydrogens is 338 g/mol. The van der Waals surface area contributed by atoms with Crippen LogP contribution in [0.15, 0.2) is 65.9 Å². The van der Waals surface area contributed by atoms with Crippen LogP contribution in [0.2, 0.25) is 0 Å². The number of Topliss-reactive ketones (excluding diaryl/α,β-unsaturated/α-hetero) is 1. The Balaban J connectivity index is 1.86. The van der Waals surface area contributed by atoms with Gasteiger partial charge in [-0.2, -0.15) is 0 Å². The third-order valence-corrected chi connectivity index (χ3v) is 5.28. The van der Waals surface area contributed by atoms with E-state index in [1.807, 2.05) is 61.5 Å². The van der Waals surface area contributed by atoms with E-state index in [2.05, 4.69) is 0 Å². The average Bonchev–Trinajstić information content (AvgIpc) is 2.69. The van der Waals surface area contributed by atoms with E-state index in [9.17, 15) is 9.59 Å². The van der Waals surface area contributed by atoms with E-state index in [0.29, 0.717) is 13.0 Å². The highest BCUT2D eigenvalue weighted by Gasteiger charge is 2.40. The number of ether oxygens (including phenoxy) is 1. The molecule has 1 unspecified atom stereocenters. The van der Waals surface area contributed by atoms with E-state index in [1.165, 1.54) is 0 Å². The monoisotopic (exact) mass is 361 g/mol. The molecule has 0 saturated carbocycles. The predicted octanol–water partition coefficient (Wildman–Crippen LogP) is 4.61. The van der Waals surface area contributed by atoms with Gasteiger partial charge in [-0.05, 0) is 38.0 Å². The number of allylic oxidation sites excluding steroid dienone is 2. The van der Waals surface area contributed by atoms with E-state index in [1.54, 1.807) is 4.90 Å². The van der Waals surface area contributed by atoms with Crippen LogP contribution in [0.25, 0.3) is 0 Å². The predicted molar refractivity (Wildman–Crippen MR) is 105 cm³/mol. The van der Waals surface area contributed by atoms with E-state index in [0.717, 1.165) is 41.1 Å². The van der Waals surface area contributed by atoms with Gasteiger partial charge in [0.2, 0.25) is 5.91 Å². The Labute approximate surface area is 159 Å². The maximum absolute atomic E-state index is 13.1. The second-order valence-electron chi connectivity index (χ2n) is 6.93. The van der Waals surface area contributed by atoms with Crippen molar-refractivity contribution in [1.82, 2.24) is 0 Å². The van der Waals surface area contributed by atoms with Crippen molar-refractivity contribution in [1.29, 1.82) is 0 Å². The number of carbonyl (C=O) groups is 2. The van der Waals surface area contributed by atoms with Gasteiger partial charge in [-0.15, -0.1) is 0 Å². The SMILES string of the molecule is CCOc1ccccc1C1CC(=O)N(c2ccccc2)C2=C1C(=O)CCC2. The number of nitrogens with zero attached hydrogens (tertiary/aromatic N) is 1. The zero-order valence-electron chi connectivity index (χ0n) is 15.5. The Morgan fingerprint density at radius 1 is 1.00 bits per heavy atom. The van der Waals surface area contributed by atoms with E-state index < -0.39 is 0 Å². The van der Waals surface area contributed by atoms with Crippen LogP contribution in [-0.2, 0) is 9.59 Å². The molecule has 4 heteroatoms. The largest absolute Gasteiger partial charge is 0.494 e. The minimum absolute atomic E-state index is 0.0333. The first kappa shape index (κ1) is 17.5. The maximum atomic E-state index is 13.1. The van der Waals surface area contributed by atoms with Gasteiger partial charge < -0.3 is 4.74 Å². The van der Waals surface area contributed by atoms with Gasteiger partial charge in [-0.3, -0.25) is 14.5 Å². The summed E-state index contributed by atoms with van der Waals surface area (Å²) < 4.78 is 5.79.